The number of rotatable bonds is 3. The quantitative estimate of drug-likeness (QED) is 0.682. The van der Waals surface area contributed by atoms with Crippen LogP contribution in [0.3, 0.4) is 0 Å². The molecular weight excluding hydrogens is 323 g/mol. The van der Waals surface area contributed by atoms with E-state index in [9.17, 15) is 14.3 Å². The van der Waals surface area contributed by atoms with Crippen LogP contribution in [0.25, 0.3) is 6.08 Å². The molecule has 0 bridgehead atoms. The van der Waals surface area contributed by atoms with Gasteiger partial charge >= 0.3 is 0 Å². The number of ether oxygens (including phenoxy) is 2. The van der Waals surface area contributed by atoms with Crippen LogP contribution in [0, 0.1) is 5.82 Å². The number of fused-ring (bicyclic) bond motifs is 1. The molecule has 23 heavy (non-hydrogen) atoms. The van der Waals surface area contributed by atoms with E-state index in [0.717, 1.165) is 23.8 Å². The Labute approximate surface area is 136 Å². The topological polar surface area (TPSA) is 55.8 Å². The highest BCUT2D eigenvalue weighted by Crippen LogP contribution is 2.32. The molecule has 118 valence electrons. The van der Waals surface area contributed by atoms with E-state index < -0.39 is 11.6 Å². The van der Waals surface area contributed by atoms with Crippen molar-refractivity contribution >= 4 is 23.5 Å². The van der Waals surface area contributed by atoms with Crippen LogP contribution in [-0.4, -0.2) is 17.7 Å². The van der Waals surface area contributed by atoms with Gasteiger partial charge in [-0.2, -0.15) is 0 Å². The van der Waals surface area contributed by atoms with Crippen molar-refractivity contribution in [1.82, 2.24) is 0 Å². The van der Waals surface area contributed by atoms with Crippen LogP contribution < -0.4 is 4.74 Å². The lowest BCUT2D eigenvalue weighted by Crippen LogP contribution is -2.12. The molecule has 0 saturated heterocycles. The minimum atomic E-state index is -0.597. The lowest BCUT2D eigenvalue weighted by atomic mass is 10.1. The van der Waals surface area contributed by atoms with Crippen molar-refractivity contribution in [2.75, 3.05) is 6.79 Å². The van der Waals surface area contributed by atoms with Gasteiger partial charge in [-0.05, 0) is 42.5 Å². The second kappa shape index (κ2) is 6.40. The first-order chi connectivity index (χ1) is 11.0. The Balaban J connectivity index is 1.92. The van der Waals surface area contributed by atoms with Crippen molar-refractivity contribution in [2.45, 2.75) is 6.61 Å². The third kappa shape index (κ3) is 3.36. The minimum absolute atomic E-state index is 0.110. The summed E-state index contributed by atoms with van der Waals surface area (Å²) >= 11 is 6.04. The Morgan fingerprint density at radius 2 is 2.13 bits per heavy atom. The Morgan fingerprint density at radius 1 is 1.30 bits per heavy atom. The molecule has 4 nitrogen and oxygen atoms in total. The number of benzene rings is 2. The van der Waals surface area contributed by atoms with Gasteiger partial charge in [0.25, 0.3) is 0 Å². The van der Waals surface area contributed by atoms with Crippen LogP contribution in [0.15, 0.2) is 36.4 Å². The van der Waals surface area contributed by atoms with E-state index >= 15 is 0 Å². The second-order valence-electron chi connectivity index (χ2n) is 4.95. The lowest BCUT2D eigenvalue weighted by molar-refractivity contribution is -0.0165. The fraction of sp³-hybridized carbons (Fsp3) is 0.118. The van der Waals surface area contributed by atoms with Gasteiger partial charge in [-0.3, -0.25) is 4.79 Å². The summed E-state index contributed by atoms with van der Waals surface area (Å²) in [7, 11) is 0. The normalized spacial score (nSPS) is 13.7. The molecule has 0 saturated carbocycles. The van der Waals surface area contributed by atoms with Crippen molar-refractivity contribution in [3.05, 3.63) is 63.9 Å². The van der Waals surface area contributed by atoms with E-state index in [1.165, 1.54) is 12.2 Å². The van der Waals surface area contributed by atoms with Crippen LogP contribution >= 0.6 is 11.6 Å². The molecule has 1 aliphatic heterocycles. The van der Waals surface area contributed by atoms with Crippen LogP contribution in [0.4, 0.5) is 4.39 Å². The van der Waals surface area contributed by atoms with E-state index in [1.807, 2.05) is 0 Å². The summed E-state index contributed by atoms with van der Waals surface area (Å²) in [4.78, 5) is 12.1. The maximum Gasteiger partial charge on any atom is 0.189 e. The summed E-state index contributed by atoms with van der Waals surface area (Å²) in [6, 6.07) is 6.59. The summed E-state index contributed by atoms with van der Waals surface area (Å²) in [6.45, 7) is 0.490. The summed E-state index contributed by atoms with van der Waals surface area (Å²) < 4.78 is 23.8. The molecule has 6 heteroatoms. The predicted molar refractivity (Wildman–Crippen MR) is 83.2 cm³/mol. The zero-order valence-electron chi connectivity index (χ0n) is 11.9. The number of hydrogen-bond acceptors (Lipinski definition) is 4. The number of allylic oxidation sites excluding steroid dienone is 1. The first-order valence-electron chi connectivity index (χ1n) is 6.78. The summed E-state index contributed by atoms with van der Waals surface area (Å²) in [6.07, 6.45) is 2.75. The number of ketones is 1. The smallest absolute Gasteiger partial charge is 0.189 e. The highest BCUT2D eigenvalue weighted by atomic mass is 35.5. The average Bonchev–Trinajstić information content (AvgIpc) is 2.54. The van der Waals surface area contributed by atoms with Crippen LogP contribution in [-0.2, 0) is 11.3 Å². The van der Waals surface area contributed by atoms with Crippen molar-refractivity contribution in [1.29, 1.82) is 0 Å². The first kappa shape index (κ1) is 15.5. The molecular formula is C17H12ClFO4. The average molecular weight is 335 g/mol. The SMILES string of the molecule is O=C(/C=C/c1cc(Cl)cc2c1OCOC2)c1cc(F)ccc1O. The molecule has 1 aliphatic rings. The van der Waals surface area contributed by atoms with E-state index in [4.69, 9.17) is 21.1 Å². The number of carbonyl (C=O) groups excluding carboxylic acids is 1. The Bertz CT molecular complexity index is 801. The molecule has 0 amide bonds. The van der Waals surface area contributed by atoms with Gasteiger partial charge in [0.2, 0.25) is 0 Å². The Morgan fingerprint density at radius 3 is 2.96 bits per heavy atom. The van der Waals surface area contributed by atoms with Gasteiger partial charge in [-0.1, -0.05) is 11.6 Å². The van der Waals surface area contributed by atoms with Crippen LogP contribution in [0.2, 0.25) is 5.02 Å². The minimum Gasteiger partial charge on any atom is -0.507 e. The van der Waals surface area contributed by atoms with Gasteiger partial charge < -0.3 is 14.6 Å². The number of phenols is 1. The van der Waals surface area contributed by atoms with E-state index in [1.54, 1.807) is 12.1 Å². The van der Waals surface area contributed by atoms with E-state index in [-0.39, 0.29) is 18.1 Å². The van der Waals surface area contributed by atoms with Gasteiger partial charge in [0, 0.05) is 16.1 Å². The van der Waals surface area contributed by atoms with Gasteiger partial charge in [0.1, 0.15) is 17.3 Å². The molecule has 0 unspecified atom stereocenters. The Hall–Kier alpha value is -2.37. The summed E-state index contributed by atoms with van der Waals surface area (Å²) in [5, 5.41) is 10.1. The molecule has 0 atom stereocenters. The lowest BCUT2D eigenvalue weighted by Gasteiger charge is -2.19. The highest BCUT2D eigenvalue weighted by Gasteiger charge is 2.16. The Kier molecular flexibility index (Phi) is 4.32. The maximum atomic E-state index is 13.2. The molecule has 2 aromatic rings. The van der Waals surface area contributed by atoms with Gasteiger partial charge in [-0.25, -0.2) is 4.39 Å². The molecule has 0 radical (unpaired) electrons. The van der Waals surface area contributed by atoms with Gasteiger partial charge in [-0.15, -0.1) is 0 Å². The summed E-state index contributed by atoms with van der Waals surface area (Å²) in [5.41, 5.74) is 1.28. The zero-order chi connectivity index (χ0) is 16.4. The number of aromatic hydroxyl groups is 1. The second-order valence-corrected chi connectivity index (χ2v) is 5.39. The van der Waals surface area contributed by atoms with Crippen LogP contribution in [0.1, 0.15) is 21.5 Å². The number of halogens is 2. The molecule has 1 N–H and O–H groups in total. The van der Waals surface area contributed by atoms with Gasteiger partial charge in [0.15, 0.2) is 12.6 Å². The first-order valence-corrected chi connectivity index (χ1v) is 7.16. The molecule has 2 aromatic carbocycles. The van der Waals surface area contributed by atoms with Crippen molar-refractivity contribution in [3.8, 4) is 11.5 Å². The highest BCUT2D eigenvalue weighted by molar-refractivity contribution is 6.30. The third-order valence-electron chi connectivity index (χ3n) is 3.34. The zero-order valence-corrected chi connectivity index (χ0v) is 12.6. The third-order valence-corrected chi connectivity index (χ3v) is 3.56. The summed E-state index contributed by atoms with van der Waals surface area (Å²) in [5.74, 6) is -0.810. The number of phenolic OH excluding ortho intramolecular Hbond substituents is 1. The molecule has 3 rings (SSSR count). The van der Waals surface area contributed by atoms with Crippen molar-refractivity contribution < 1.29 is 23.8 Å². The fourth-order valence-corrected chi connectivity index (χ4v) is 2.54. The molecule has 0 fully saturated rings. The van der Waals surface area contributed by atoms with E-state index in [0.29, 0.717) is 22.9 Å². The largest absolute Gasteiger partial charge is 0.507 e. The van der Waals surface area contributed by atoms with Crippen molar-refractivity contribution in [2.24, 2.45) is 0 Å². The molecule has 1 heterocycles. The molecule has 0 aromatic heterocycles. The number of hydrogen-bond donors (Lipinski definition) is 1. The van der Waals surface area contributed by atoms with Crippen LogP contribution in [0.5, 0.6) is 11.5 Å². The number of carbonyl (C=O) groups is 1. The predicted octanol–water partition coefficient (Wildman–Crippen LogP) is 3.95. The van der Waals surface area contributed by atoms with Gasteiger partial charge in [0.05, 0.1) is 12.2 Å². The standard InChI is InChI=1S/C17H12ClFO4/c18-12-5-10(17-11(6-12)8-22-9-23-17)1-3-15(20)14-7-13(19)2-4-16(14)21/h1-7,21H,8-9H2/b3-1+. The monoisotopic (exact) mass is 334 g/mol. The van der Waals surface area contributed by atoms with E-state index in [2.05, 4.69) is 0 Å². The van der Waals surface area contributed by atoms with Crippen molar-refractivity contribution in [3.63, 3.8) is 0 Å². The maximum absolute atomic E-state index is 13.2. The molecule has 0 spiro atoms. The fourth-order valence-electron chi connectivity index (χ4n) is 2.29. The molecule has 0 aliphatic carbocycles.